The minimum atomic E-state index is -3.12. The van der Waals surface area contributed by atoms with Crippen molar-refractivity contribution in [2.75, 3.05) is 18.6 Å². The van der Waals surface area contributed by atoms with Gasteiger partial charge < -0.3 is 14.6 Å². The van der Waals surface area contributed by atoms with E-state index in [0.29, 0.717) is 23.2 Å². The number of hydrogen-bond donors (Lipinski definition) is 1. The predicted octanol–water partition coefficient (Wildman–Crippen LogP) is 1.02. The number of esters is 1. The molecule has 1 fully saturated rings. The minimum Gasteiger partial charge on any atom is -0.448 e. The van der Waals surface area contributed by atoms with E-state index in [-0.39, 0.29) is 23.0 Å². The molecule has 2 rings (SSSR count). The second-order valence-corrected chi connectivity index (χ2v) is 8.96. The first kappa shape index (κ1) is 20.2. The summed E-state index contributed by atoms with van der Waals surface area (Å²) in [5.41, 5.74) is 1.62. The number of H-pyrrole nitrogens is 1. The van der Waals surface area contributed by atoms with Crippen molar-refractivity contribution in [1.82, 2.24) is 9.88 Å². The summed E-state index contributed by atoms with van der Waals surface area (Å²) in [5, 5.41) is 0. The highest BCUT2D eigenvalue weighted by molar-refractivity contribution is 7.91. The van der Waals surface area contributed by atoms with Crippen LogP contribution in [0.3, 0.4) is 0 Å². The number of hydrogen-bond acceptors (Lipinski definition) is 6. The molecule has 1 aliphatic heterocycles. The average Bonchev–Trinajstić information content (AvgIpc) is 3.04. The number of ketones is 1. The number of carbonyl (C=O) groups excluding carboxylic acids is 3. The molecule has 1 N–H and O–H groups in total. The van der Waals surface area contributed by atoms with Crippen molar-refractivity contribution in [3.8, 4) is 0 Å². The summed E-state index contributed by atoms with van der Waals surface area (Å²) < 4.78 is 28.4. The molecule has 0 radical (unpaired) electrons. The summed E-state index contributed by atoms with van der Waals surface area (Å²) in [6.07, 6.45) is -0.693. The van der Waals surface area contributed by atoms with Crippen LogP contribution < -0.4 is 0 Å². The maximum Gasteiger partial charge on any atom is 0.355 e. The zero-order chi connectivity index (χ0) is 19.8. The number of amides is 1. The molecule has 0 aliphatic carbocycles. The van der Waals surface area contributed by atoms with E-state index < -0.39 is 33.9 Å². The van der Waals surface area contributed by atoms with Gasteiger partial charge in [-0.05, 0) is 39.7 Å². The van der Waals surface area contributed by atoms with Crippen molar-refractivity contribution < 1.29 is 27.5 Å². The SMILES string of the molecule is CC(=O)c1c(C)[nH]c(C(=O)O[C@H](C)C(=O)N(C)[C@@H]2CCS(=O)(=O)C2)c1C. The number of Topliss-reactive ketones (excluding diaryl/α,β-unsaturated/α-hetero) is 1. The highest BCUT2D eigenvalue weighted by Crippen LogP contribution is 2.21. The van der Waals surface area contributed by atoms with Crippen LogP contribution in [0.25, 0.3) is 0 Å². The number of nitrogens with one attached hydrogen (secondary N) is 1. The highest BCUT2D eigenvalue weighted by atomic mass is 32.2. The summed E-state index contributed by atoms with van der Waals surface area (Å²) in [7, 11) is -1.61. The molecule has 0 spiro atoms. The monoisotopic (exact) mass is 384 g/mol. The smallest absolute Gasteiger partial charge is 0.355 e. The Morgan fingerprint density at radius 1 is 1.27 bits per heavy atom. The van der Waals surface area contributed by atoms with Gasteiger partial charge in [-0.3, -0.25) is 9.59 Å². The van der Waals surface area contributed by atoms with Crippen LogP contribution in [-0.2, 0) is 19.4 Å². The third-order valence-electron chi connectivity index (χ3n) is 4.73. The van der Waals surface area contributed by atoms with Gasteiger partial charge in [0.05, 0.1) is 11.5 Å². The van der Waals surface area contributed by atoms with Crippen molar-refractivity contribution in [1.29, 1.82) is 0 Å². The van der Waals surface area contributed by atoms with Crippen LogP contribution in [-0.4, -0.2) is 66.7 Å². The lowest BCUT2D eigenvalue weighted by molar-refractivity contribution is -0.140. The number of aryl methyl sites for hydroxylation is 1. The number of aromatic amines is 1. The van der Waals surface area contributed by atoms with Crippen LogP contribution in [0.4, 0.5) is 0 Å². The lowest BCUT2D eigenvalue weighted by Crippen LogP contribution is -2.44. The highest BCUT2D eigenvalue weighted by Gasteiger charge is 2.35. The van der Waals surface area contributed by atoms with Gasteiger partial charge in [-0.25, -0.2) is 13.2 Å². The Kier molecular flexibility index (Phi) is 5.60. The van der Waals surface area contributed by atoms with E-state index in [1.165, 1.54) is 25.8 Å². The Balaban J connectivity index is 2.08. The number of rotatable bonds is 5. The fraction of sp³-hybridized carbons (Fsp3) is 0.588. The largest absolute Gasteiger partial charge is 0.448 e. The number of ether oxygens (including phenoxy) is 1. The summed E-state index contributed by atoms with van der Waals surface area (Å²) in [5.74, 6) is -1.38. The molecule has 26 heavy (non-hydrogen) atoms. The summed E-state index contributed by atoms with van der Waals surface area (Å²) in [6.45, 7) is 6.18. The van der Waals surface area contributed by atoms with Crippen LogP contribution in [0.1, 0.15) is 52.4 Å². The molecule has 1 aromatic heterocycles. The van der Waals surface area contributed by atoms with Crippen molar-refractivity contribution in [2.45, 2.75) is 46.3 Å². The zero-order valence-electron chi connectivity index (χ0n) is 15.6. The summed E-state index contributed by atoms with van der Waals surface area (Å²) in [4.78, 5) is 40.7. The quantitative estimate of drug-likeness (QED) is 0.599. The number of likely N-dealkylation sites (N-methyl/N-ethyl adjacent to an activating group) is 1. The Morgan fingerprint density at radius 2 is 1.88 bits per heavy atom. The standard InChI is InChI=1S/C17H24N2O6S/c1-9-14(11(3)20)10(2)18-15(9)17(22)25-12(4)16(21)19(5)13-6-7-26(23,24)8-13/h12-13,18H,6-8H2,1-5H3/t12-,13-/m1/s1. The van der Waals surface area contributed by atoms with E-state index in [4.69, 9.17) is 4.74 Å². The maximum absolute atomic E-state index is 12.5. The van der Waals surface area contributed by atoms with Crippen molar-refractivity contribution in [3.63, 3.8) is 0 Å². The van der Waals surface area contributed by atoms with Gasteiger partial charge in [-0.1, -0.05) is 0 Å². The van der Waals surface area contributed by atoms with Crippen LogP contribution in [0.5, 0.6) is 0 Å². The molecule has 144 valence electrons. The Hall–Kier alpha value is -2.16. The maximum atomic E-state index is 12.5. The van der Waals surface area contributed by atoms with Gasteiger partial charge in [0.1, 0.15) is 5.69 Å². The van der Waals surface area contributed by atoms with E-state index in [9.17, 15) is 22.8 Å². The predicted molar refractivity (Wildman–Crippen MR) is 95.0 cm³/mol. The van der Waals surface area contributed by atoms with E-state index in [1.54, 1.807) is 13.8 Å². The average molecular weight is 384 g/mol. The van der Waals surface area contributed by atoms with E-state index in [1.807, 2.05) is 0 Å². The first-order valence-electron chi connectivity index (χ1n) is 8.32. The Bertz CT molecular complexity index is 855. The van der Waals surface area contributed by atoms with Crippen molar-refractivity contribution in [3.05, 3.63) is 22.5 Å². The van der Waals surface area contributed by atoms with Crippen molar-refractivity contribution in [2.24, 2.45) is 0 Å². The lowest BCUT2D eigenvalue weighted by atomic mass is 10.1. The first-order valence-corrected chi connectivity index (χ1v) is 10.1. The number of aromatic nitrogens is 1. The molecule has 1 aromatic rings. The van der Waals surface area contributed by atoms with Gasteiger partial charge in [0, 0.05) is 24.3 Å². The molecule has 1 saturated heterocycles. The number of carbonyl (C=O) groups is 3. The zero-order valence-corrected chi connectivity index (χ0v) is 16.4. The molecule has 2 atom stereocenters. The molecule has 1 aliphatic rings. The van der Waals surface area contributed by atoms with Gasteiger partial charge in [0.15, 0.2) is 21.7 Å². The van der Waals surface area contributed by atoms with Gasteiger partial charge in [0.25, 0.3) is 5.91 Å². The van der Waals surface area contributed by atoms with Gasteiger partial charge in [-0.2, -0.15) is 0 Å². The van der Waals surface area contributed by atoms with E-state index in [0.717, 1.165) is 0 Å². The normalized spacial score (nSPS) is 19.8. The molecular formula is C17H24N2O6S. The summed E-state index contributed by atoms with van der Waals surface area (Å²) >= 11 is 0. The molecule has 1 amide bonds. The van der Waals surface area contributed by atoms with Crippen LogP contribution >= 0.6 is 0 Å². The van der Waals surface area contributed by atoms with Crippen LogP contribution in [0.15, 0.2) is 0 Å². The lowest BCUT2D eigenvalue weighted by Gasteiger charge is -2.26. The summed E-state index contributed by atoms with van der Waals surface area (Å²) in [6, 6.07) is -0.410. The number of sulfone groups is 1. The molecule has 0 saturated carbocycles. The van der Waals surface area contributed by atoms with Gasteiger partial charge in [-0.15, -0.1) is 0 Å². The molecular weight excluding hydrogens is 360 g/mol. The Morgan fingerprint density at radius 3 is 2.35 bits per heavy atom. The minimum absolute atomic E-state index is 0.0538. The molecule has 9 heteroatoms. The van der Waals surface area contributed by atoms with Gasteiger partial charge >= 0.3 is 5.97 Å². The first-order chi connectivity index (χ1) is 11.9. The fourth-order valence-electron chi connectivity index (χ4n) is 3.30. The third-order valence-corrected chi connectivity index (χ3v) is 6.48. The third kappa shape index (κ3) is 3.98. The molecule has 8 nitrogen and oxygen atoms in total. The van der Waals surface area contributed by atoms with Crippen LogP contribution in [0, 0.1) is 13.8 Å². The van der Waals surface area contributed by atoms with Gasteiger partial charge in [0.2, 0.25) is 0 Å². The second-order valence-electron chi connectivity index (χ2n) is 6.73. The Labute approximate surface area is 152 Å². The number of nitrogens with zero attached hydrogens (tertiary/aromatic N) is 1. The molecule has 0 bridgehead atoms. The molecule has 2 heterocycles. The second kappa shape index (κ2) is 7.22. The van der Waals surface area contributed by atoms with E-state index in [2.05, 4.69) is 4.98 Å². The van der Waals surface area contributed by atoms with E-state index >= 15 is 0 Å². The van der Waals surface area contributed by atoms with Crippen molar-refractivity contribution >= 4 is 27.5 Å². The van der Waals surface area contributed by atoms with Crippen LogP contribution in [0.2, 0.25) is 0 Å². The topological polar surface area (TPSA) is 114 Å². The molecule has 0 unspecified atom stereocenters. The molecule has 0 aromatic carbocycles. The fourth-order valence-corrected chi connectivity index (χ4v) is 5.07.